The van der Waals surface area contributed by atoms with Crippen molar-refractivity contribution < 1.29 is 8.81 Å². The van der Waals surface area contributed by atoms with E-state index in [9.17, 15) is 4.79 Å². The number of aromatic nitrogens is 4. The van der Waals surface area contributed by atoms with Gasteiger partial charge in [0.1, 0.15) is 29.5 Å². The Balaban J connectivity index is 1.70. The second-order valence-electron chi connectivity index (χ2n) is 8.07. The molecule has 0 aliphatic heterocycles. The summed E-state index contributed by atoms with van der Waals surface area (Å²) in [7, 11) is 0. The Bertz CT molecular complexity index is 1410. The van der Waals surface area contributed by atoms with E-state index in [1.807, 2.05) is 38.1 Å². The molecule has 0 spiro atoms. The molecule has 162 valence electrons. The van der Waals surface area contributed by atoms with E-state index in [1.54, 1.807) is 25.4 Å². The zero-order valence-corrected chi connectivity index (χ0v) is 17.9. The number of aryl methyl sites for hydroxylation is 1. The SMILES string of the molecule is Cc1ccccc1-c1c(C(C)Nc2ncnc3nc[nH]c23)oc2c(c1=O)C(F)C(C)C=C2. The van der Waals surface area contributed by atoms with Gasteiger partial charge in [0, 0.05) is 5.92 Å². The number of allylic oxidation sites excluding steroid dienone is 1. The smallest absolute Gasteiger partial charge is 0.199 e. The van der Waals surface area contributed by atoms with Gasteiger partial charge in [-0.15, -0.1) is 0 Å². The van der Waals surface area contributed by atoms with Crippen molar-refractivity contribution in [3.8, 4) is 11.1 Å². The number of rotatable bonds is 4. The summed E-state index contributed by atoms with van der Waals surface area (Å²) in [5.41, 5.74) is 2.89. The summed E-state index contributed by atoms with van der Waals surface area (Å²) in [6, 6.07) is 7.09. The Hall–Kier alpha value is -3.81. The summed E-state index contributed by atoms with van der Waals surface area (Å²) in [6.07, 6.45) is 4.95. The van der Waals surface area contributed by atoms with E-state index >= 15 is 4.39 Å². The van der Waals surface area contributed by atoms with Crippen LogP contribution in [0.15, 0.2) is 52.2 Å². The van der Waals surface area contributed by atoms with Crippen LogP contribution in [-0.4, -0.2) is 19.9 Å². The number of halogens is 1. The molecule has 3 unspecified atom stereocenters. The van der Waals surface area contributed by atoms with Crippen LogP contribution >= 0.6 is 0 Å². The van der Waals surface area contributed by atoms with Crippen LogP contribution in [0.4, 0.5) is 10.2 Å². The van der Waals surface area contributed by atoms with Crippen LogP contribution in [0.1, 0.15) is 48.7 Å². The first-order valence-corrected chi connectivity index (χ1v) is 10.5. The highest BCUT2D eigenvalue weighted by molar-refractivity contribution is 5.82. The third-order valence-electron chi connectivity index (χ3n) is 5.88. The van der Waals surface area contributed by atoms with E-state index in [0.717, 1.165) is 11.1 Å². The summed E-state index contributed by atoms with van der Waals surface area (Å²) in [5.74, 6) is 0.812. The van der Waals surface area contributed by atoms with E-state index in [0.29, 0.717) is 28.3 Å². The lowest BCUT2D eigenvalue weighted by atomic mass is 9.88. The molecular formula is C24H22FN5O2. The van der Waals surface area contributed by atoms with Crippen molar-refractivity contribution in [3.05, 3.63) is 75.9 Å². The van der Waals surface area contributed by atoms with Crippen LogP contribution < -0.4 is 10.7 Å². The van der Waals surface area contributed by atoms with Crippen molar-refractivity contribution in [1.29, 1.82) is 0 Å². The third kappa shape index (κ3) is 3.19. The van der Waals surface area contributed by atoms with Gasteiger partial charge in [-0.1, -0.05) is 37.3 Å². The maximum absolute atomic E-state index is 15.1. The highest BCUT2D eigenvalue weighted by Gasteiger charge is 2.32. The number of nitrogens with one attached hydrogen (secondary N) is 2. The number of fused-ring (bicyclic) bond motifs is 2. The third-order valence-corrected chi connectivity index (χ3v) is 5.88. The highest BCUT2D eigenvalue weighted by Crippen LogP contribution is 2.38. The van der Waals surface area contributed by atoms with Crippen molar-refractivity contribution in [3.63, 3.8) is 0 Å². The minimum atomic E-state index is -1.42. The van der Waals surface area contributed by atoms with Gasteiger partial charge in [0.15, 0.2) is 16.9 Å². The fourth-order valence-corrected chi connectivity index (χ4v) is 4.13. The summed E-state index contributed by atoms with van der Waals surface area (Å²) in [6.45, 7) is 5.54. The second kappa shape index (κ2) is 7.71. The molecule has 2 N–H and O–H groups in total. The van der Waals surface area contributed by atoms with Crippen molar-refractivity contribution in [2.75, 3.05) is 5.32 Å². The fraction of sp³-hybridized carbons (Fsp3) is 0.250. The molecule has 7 nitrogen and oxygen atoms in total. The number of aromatic amines is 1. The quantitative estimate of drug-likeness (QED) is 0.465. The Morgan fingerprint density at radius 1 is 1.22 bits per heavy atom. The molecule has 32 heavy (non-hydrogen) atoms. The predicted octanol–water partition coefficient (Wildman–Crippen LogP) is 5.13. The fourth-order valence-electron chi connectivity index (χ4n) is 4.13. The average Bonchev–Trinajstić information content (AvgIpc) is 3.27. The maximum Gasteiger partial charge on any atom is 0.199 e. The topological polar surface area (TPSA) is 96.7 Å². The van der Waals surface area contributed by atoms with Crippen LogP contribution in [0.5, 0.6) is 0 Å². The number of H-pyrrole nitrogens is 1. The van der Waals surface area contributed by atoms with Gasteiger partial charge in [-0.3, -0.25) is 4.79 Å². The first kappa shape index (κ1) is 20.1. The molecule has 1 aliphatic carbocycles. The molecule has 3 atom stereocenters. The van der Waals surface area contributed by atoms with Gasteiger partial charge in [-0.2, -0.15) is 0 Å². The summed E-state index contributed by atoms with van der Waals surface area (Å²) >= 11 is 0. The number of anilines is 1. The molecule has 1 aliphatic rings. The van der Waals surface area contributed by atoms with Gasteiger partial charge >= 0.3 is 0 Å². The number of hydrogen-bond donors (Lipinski definition) is 2. The van der Waals surface area contributed by atoms with E-state index in [4.69, 9.17) is 4.42 Å². The molecule has 0 saturated carbocycles. The predicted molar refractivity (Wildman–Crippen MR) is 121 cm³/mol. The molecule has 0 fully saturated rings. The van der Waals surface area contributed by atoms with Gasteiger partial charge in [0.05, 0.1) is 23.5 Å². The Labute approximate surface area is 183 Å². The van der Waals surface area contributed by atoms with Crippen molar-refractivity contribution >= 4 is 23.1 Å². The molecular weight excluding hydrogens is 409 g/mol. The second-order valence-corrected chi connectivity index (χ2v) is 8.07. The monoisotopic (exact) mass is 431 g/mol. The van der Waals surface area contributed by atoms with Crippen LogP contribution in [0.2, 0.25) is 0 Å². The minimum absolute atomic E-state index is 0.0761. The van der Waals surface area contributed by atoms with Crippen LogP contribution in [0.3, 0.4) is 0 Å². The first-order valence-electron chi connectivity index (χ1n) is 10.5. The molecule has 0 amide bonds. The van der Waals surface area contributed by atoms with E-state index in [-0.39, 0.29) is 16.8 Å². The Morgan fingerprint density at radius 2 is 2.03 bits per heavy atom. The van der Waals surface area contributed by atoms with E-state index < -0.39 is 18.1 Å². The van der Waals surface area contributed by atoms with Crippen molar-refractivity contribution in [2.45, 2.75) is 33.0 Å². The van der Waals surface area contributed by atoms with Crippen molar-refractivity contribution in [1.82, 2.24) is 19.9 Å². The number of alkyl halides is 1. The number of imidazole rings is 1. The minimum Gasteiger partial charge on any atom is -0.458 e. The largest absolute Gasteiger partial charge is 0.458 e. The molecule has 0 saturated heterocycles. The standard InChI is InChI=1S/C24H22FN5O2/c1-12-6-4-5-7-15(12)17-21(31)18-16(9-8-13(2)19(18)25)32-22(17)14(3)30-24-20-23(27-10-26-20)28-11-29-24/h4-11,13-14,19H,1-3H3,(H2,26,27,28,29,30). The maximum atomic E-state index is 15.1. The lowest BCUT2D eigenvalue weighted by Crippen LogP contribution is -2.24. The summed E-state index contributed by atoms with van der Waals surface area (Å²) in [5, 5.41) is 3.30. The molecule has 4 aromatic rings. The molecule has 3 heterocycles. The first-order chi connectivity index (χ1) is 15.5. The summed E-state index contributed by atoms with van der Waals surface area (Å²) in [4.78, 5) is 29.3. The number of hydrogen-bond acceptors (Lipinski definition) is 6. The zero-order valence-electron chi connectivity index (χ0n) is 17.9. The van der Waals surface area contributed by atoms with E-state index in [1.165, 1.54) is 6.33 Å². The van der Waals surface area contributed by atoms with Crippen molar-refractivity contribution in [2.24, 2.45) is 5.92 Å². The average molecular weight is 431 g/mol. The van der Waals surface area contributed by atoms with Gasteiger partial charge in [0.2, 0.25) is 0 Å². The number of benzene rings is 1. The Morgan fingerprint density at radius 3 is 2.84 bits per heavy atom. The highest BCUT2D eigenvalue weighted by atomic mass is 19.1. The summed E-state index contributed by atoms with van der Waals surface area (Å²) < 4.78 is 21.3. The van der Waals surface area contributed by atoms with E-state index in [2.05, 4.69) is 25.3 Å². The van der Waals surface area contributed by atoms with Gasteiger partial charge < -0.3 is 14.7 Å². The molecule has 8 heteroatoms. The molecule has 3 aromatic heterocycles. The lowest BCUT2D eigenvalue weighted by Gasteiger charge is -2.24. The van der Waals surface area contributed by atoms with Gasteiger partial charge in [-0.25, -0.2) is 19.3 Å². The molecule has 5 rings (SSSR count). The van der Waals surface area contributed by atoms with Crippen LogP contribution in [0.25, 0.3) is 28.4 Å². The normalized spacial score (nSPS) is 18.5. The molecule has 1 aromatic carbocycles. The van der Waals surface area contributed by atoms with Gasteiger partial charge in [-0.05, 0) is 31.1 Å². The van der Waals surface area contributed by atoms with Crippen LogP contribution in [0, 0.1) is 12.8 Å². The Kier molecular flexibility index (Phi) is 4.84. The molecule has 0 radical (unpaired) electrons. The lowest BCUT2D eigenvalue weighted by molar-refractivity contribution is 0.269. The number of nitrogens with zero attached hydrogens (tertiary/aromatic N) is 3. The van der Waals surface area contributed by atoms with Crippen LogP contribution in [-0.2, 0) is 0 Å². The van der Waals surface area contributed by atoms with Gasteiger partial charge in [0.25, 0.3) is 0 Å². The zero-order chi connectivity index (χ0) is 22.4. The molecule has 0 bridgehead atoms.